The van der Waals surface area contributed by atoms with Crippen molar-refractivity contribution in [3.05, 3.63) is 57.3 Å². The Kier molecular flexibility index (Phi) is 3.54. The number of rotatable bonds is 4. The average Bonchev–Trinajstić information content (AvgIpc) is 3.24. The van der Waals surface area contributed by atoms with Gasteiger partial charge in [0.1, 0.15) is 16.9 Å². The molecule has 6 heteroatoms. The van der Waals surface area contributed by atoms with E-state index in [0.29, 0.717) is 28.0 Å². The molecule has 0 spiro atoms. The van der Waals surface area contributed by atoms with Crippen LogP contribution in [0.3, 0.4) is 0 Å². The number of fused-ring (bicyclic) bond motifs is 1. The van der Waals surface area contributed by atoms with Crippen LogP contribution in [-0.4, -0.2) is 24.9 Å². The molecule has 1 aliphatic carbocycles. The fourth-order valence-electron chi connectivity index (χ4n) is 3.39. The van der Waals surface area contributed by atoms with Crippen LogP contribution >= 0.6 is 0 Å². The van der Waals surface area contributed by atoms with Gasteiger partial charge in [0, 0.05) is 0 Å². The predicted octanol–water partition coefficient (Wildman–Crippen LogP) is 2.58. The maximum absolute atomic E-state index is 12.3. The Balaban J connectivity index is 1.79. The zero-order valence-corrected chi connectivity index (χ0v) is 14.7. The number of H-pyrrole nitrogens is 1. The van der Waals surface area contributed by atoms with Crippen molar-refractivity contribution >= 4 is 11.0 Å². The van der Waals surface area contributed by atoms with E-state index in [1.807, 2.05) is 6.92 Å². The van der Waals surface area contributed by atoms with Crippen molar-refractivity contribution in [3.63, 3.8) is 0 Å². The lowest BCUT2D eigenvalue weighted by molar-refractivity contribution is 0.276. The van der Waals surface area contributed by atoms with Gasteiger partial charge in [0.15, 0.2) is 5.65 Å². The summed E-state index contributed by atoms with van der Waals surface area (Å²) in [5.74, 6) is 0.535. The summed E-state index contributed by atoms with van der Waals surface area (Å²) in [7, 11) is 0. The molecule has 1 atom stereocenters. The Bertz CT molecular complexity index is 997. The number of aliphatic hydroxyl groups is 1. The summed E-state index contributed by atoms with van der Waals surface area (Å²) in [6.07, 6.45) is 2.50. The molecule has 2 aromatic heterocycles. The van der Waals surface area contributed by atoms with Crippen LogP contribution in [0.5, 0.6) is 0 Å². The maximum atomic E-state index is 12.3. The molecule has 130 valence electrons. The van der Waals surface area contributed by atoms with Gasteiger partial charge in [-0.3, -0.25) is 4.79 Å². The first kappa shape index (κ1) is 16.0. The fourth-order valence-corrected chi connectivity index (χ4v) is 3.39. The molecular weight excluding hydrogens is 316 g/mol. The lowest BCUT2D eigenvalue weighted by Crippen LogP contribution is -2.13. The van der Waals surface area contributed by atoms with E-state index in [2.05, 4.69) is 46.3 Å². The van der Waals surface area contributed by atoms with Crippen molar-refractivity contribution in [2.75, 3.05) is 0 Å². The van der Waals surface area contributed by atoms with Crippen molar-refractivity contribution in [3.8, 4) is 0 Å². The van der Waals surface area contributed by atoms with E-state index in [1.54, 1.807) is 11.6 Å². The molecular formula is C19H22N4O2. The molecule has 1 aromatic carbocycles. The highest BCUT2D eigenvalue weighted by atomic mass is 16.3. The molecule has 4 rings (SSSR count). The van der Waals surface area contributed by atoms with Gasteiger partial charge in [-0.05, 0) is 43.2 Å². The maximum Gasteiger partial charge on any atom is 0.262 e. The Morgan fingerprint density at radius 2 is 2.00 bits per heavy atom. The topological polar surface area (TPSA) is 83.8 Å². The number of nitrogens with one attached hydrogen (secondary N) is 1. The molecule has 0 amide bonds. The van der Waals surface area contributed by atoms with Gasteiger partial charge in [-0.2, -0.15) is 5.10 Å². The summed E-state index contributed by atoms with van der Waals surface area (Å²) in [4.78, 5) is 19.4. The number of benzene rings is 1. The summed E-state index contributed by atoms with van der Waals surface area (Å²) in [5.41, 5.74) is 3.42. The van der Waals surface area contributed by atoms with Gasteiger partial charge in [0.05, 0.1) is 12.6 Å². The minimum atomic E-state index is -0.290. The largest absolute Gasteiger partial charge is 0.390 e. The zero-order chi connectivity index (χ0) is 17.8. The summed E-state index contributed by atoms with van der Waals surface area (Å²) in [5, 5.41) is 14.4. The number of nitrogens with zero attached hydrogens (tertiary/aromatic N) is 3. The quantitative estimate of drug-likeness (QED) is 0.766. The van der Waals surface area contributed by atoms with Crippen LogP contribution in [0.15, 0.2) is 29.1 Å². The molecule has 2 heterocycles. The number of hydrogen-bond donors (Lipinski definition) is 2. The van der Waals surface area contributed by atoms with Crippen LogP contribution in [0.1, 0.15) is 55.4 Å². The van der Waals surface area contributed by atoms with Crippen molar-refractivity contribution in [1.82, 2.24) is 19.7 Å². The Hall–Kier alpha value is -2.47. The summed E-state index contributed by atoms with van der Waals surface area (Å²) in [6, 6.07) is 8.52. The number of hydrogen-bond acceptors (Lipinski definition) is 4. The van der Waals surface area contributed by atoms with Gasteiger partial charge in [-0.1, -0.05) is 31.2 Å². The second-order valence-corrected chi connectivity index (χ2v) is 7.26. The summed E-state index contributed by atoms with van der Waals surface area (Å²) < 4.78 is 1.73. The third-order valence-corrected chi connectivity index (χ3v) is 5.36. The van der Waals surface area contributed by atoms with Crippen LogP contribution in [0.2, 0.25) is 0 Å². The smallest absolute Gasteiger partial charge is 0.262 e. The monoisotopic (exact) mass is 338 g/mol. The fraction of sp³-hybridized carbons (Fsp3) is 0.421. The minimum Gasteiger partial charge on any atom is -0.390 e. The highest BCUT2D eigenvalue weighted by Crippen LogP contribution is 2.47. The van der Waals surface area contributed by atoms with E-state index in [9.17, 15) is 9.90 Å². The third-order valence-electron chi connectivity index (χ3n) is 5.36. The second-order valence-electron chi connectivity index (χ2n) is 7.26. The zero-order valence-electron chi connectivity index (χ0n) is 14.7. The van der Waals surface area contributed by atoms with Crippen molar-refractivity contribution < 1.29 is 5.11 Å². The molecule has 0 radical (unpaired) electrons. The SMILES string of the molecule is Cc1nc2c(c(CO)nn2C(C)c2ccc(C3(C)CC3)cc2)c(=O)[nH]1. The van der Waals surface area contributed by atoms with E-state index < -0.39 is 0 Å². The van der Waals surface area contributed by atoms with Crippen LogP contribution in [-0.2, 0) is 12.0 Å². The molecule has 1 fully saturated rings. The molecule has 6 nitrogen and oxygen atoms in total. The van der Waals surface area contributed by atoms with Crippen molar-refractivity contribution in [1.29, 1.82) is 0 Å². The van der Waals surface area contributed by atoms with Crippen LogP contribution in [0, 0.1) is 6.92 Å². The molecule has 0 bridgehead atoms. The Morgan fingerprint density at radius 1 is 1.32 bits per heavy atom. The lowest BCUT2D eigenvalue weighted by atomic mass is 9.96. The van der Waals surface area contributed by atoms with E-state index in [1.165, 1.54) is 18.4 Å². The lowest BCUT2D eigenvalue weighted by Gasteiger charge is -2.15. The van der Waals surface area contributed by atoms with Gasteiger partial charge in [-0.15, -0.1) is 0 Å². The van der Waals surface area contributed by atoms with Gasteiger partial charge in [0.2, 0.25) is 0 Å². The normalized spacial score (nSPS) is 17.0. The molecule has 3 aromatic rings. The van der Waals surface area contributed by atoms with Crippen LogP contribution in [0.25, 0.3) is 11.0 Å². The number of aromatic nitrogens is 4. The van der Waals surface area contributed by atoms with E-state index in [0.717, 1.165) is 5.56 Å². The first-order chi connectivity index (χ1) is 11.9. The molecule has 25 heavy (non-hydrogen) atoms. The second kappa shape index (κ2) is 5.52. The first-order valence-corrected chi connectivity index (χ1v) is 8.62. The number of aryl methyl sites for hydroxylation is 1. The van der Waals surface area contributed by atoms with Crippen LogP contribution < -0.4 is 5.56 Å². The highest BCUT2D eigenvalue weighted by molar-refractivity contribution is 5.77. The van der Waals surface area contributed by atoms with E-state index in [-0.39, 0.29) is 18.2 Å². The number of aromatic amines is 1. The standard InChI is InChI=1S/C19H22N4O2/c1-11(13-4-6-14(7-5-13)19(3)8-9-19)23-17-16(15(10-24)22-23)18(25)21-12(2)20-17/h4-7,11,24H,8-10H2,1-3H3,(H,20,21,25). The average molecular weight is 338 g/mol. The van der Waals surface area contributed by atoms with Crippen molar-refractivity contribution in [2.24, 2.45) is 0 Å². The van der Waals surface area contributed by atoms with E-state index >= 15 is 0 Å². The highest BCUT2D eigenvalue weighted by Gasteiger charge is 2.38. The third kappa shape index (κ3) is 2.57. The Labute approximate surface area is 145 Å². The molecule has 2 N–H and O–H groups in total. The molecule has 1 aliphatic rings. The van der Waals surface area contributed by atoms with Gasteiger partial charge in [-0.25, -0.2) is 9.67 Å². The molecule has 0 saturated heterocycles. The van der Waals surface area contributed by atoms with Crippen LogP contribution in [0.4, 0.5) is 0 Å². The Morgan fingerprint density at radius 3 is 2.60 bits per heavy atom. The van der Waals surface area contributed by atoms with Gasteiger partial charge >= 0.3 is 0 Å². The minimum absolute atomic E-state index is 0.0856. The van der Waals surface area contributed by atoms with Gasteiger partial charge in [0.25, 0.3) is 5.56 Å². The predicted molar refractivity (Wildman–Crippen MR) is 95.6 cm³/mol. The first-order valence-electron chi connectivity index (χ1n) is 8.62. The molecule has 1 saturated carbocycles. The summed E-state index contributed by atoms with van der Waals surface area (Å²) in [6.45, 7) is 5.77. The summed E-state index contributed by atoms with van der Waals surface area (Å²) >= 11 is 0. The van der Waals surface area contributed by atoms with Gasteiger partial charge < -0.3 is 10.1 Å². The molecule has 0 aliphatic heterocycles. The van der Waals surface area contributed by atoms with Crippen molar-refractivity contribution in [2.45, 2.75) is 51.7 Å². The number of aliphatic hydroxyl groups excluding tert-OH is 1. The van der Waals surface area contributed by atoms with E-state index in [4.69, 9.17) is 0 Å². The molecule has 1 unspecified atom stereocenters.